The number of aromatic nitrogens is 3. The van der Waals surface area contributed by atoms with Crippen LogP contribution in [0, 0.1) is 26.7 Å². The third kappa shape index (κ3) is 3.66. The summed E-state index contributed by atoms with van der Waals surface area (Å²) < 4.78 is 16.1. The van der Waals surface area contributed by atoms with Crippen molar-refractivity contribution < 1.29 is 4.39 Å². The SMILES string of the molecule is Cc1ccc(-c2nn(Cc3ccc(Cl)cc3)c(=O)c3cc(C)c(C)cc23)c(F)n1. The van der Waals surface area contributed by atoms with Crippen molar-refractivity contribution in [1.82, 2.24) is 14.8 Å². The van der Waals surface area contributed by atoms with Crippen molar-refractivity contribution in [3.63, 3.8) is 0 Å². The molecule has 0 N–H and O–H groups in total. The zero-order valence-electron chi connectivity index (χ0n) is 16.3. The fourth-order valence-electron chi connectivity index (χ4n) is 3.32. The highest BCUT2D eigenvalue weighted by molar-refractivity contribution is 6.30. The smallest absolute Gasteiger partial charge is 0.267 e. The second-order valence-corrected chi connectivity index (χ2v) is 7.65. The summed E-state index contributed by atoms with van der Waals surface area (Å²) in [5.41, 5.74) is 3.92. The van der Waals surface area contributed by atoms with Gasteiger partial charge in [0.25, 0.3) is 5.56 Å². The third-order valence-corrected chi connectivity index (χ3v) is 5.32. The minimum absolute atomic E-state index is 0.220. The van der Waals surface area contributed by atoms with Crippen molar-refractivity contribution in [2.24, 2.45) is 0 Å². The van der Waals surface area contributed by atoms with Crippen molar-refractivity contribution in [2.75, 3.05) is 0 Å². The predicted octanol–water partition coefficient (Wildman–Crippen LogP) is 5.22. The maximum Gasteiger partial charge on any atom is 0.274 e. The van der Waals surface area contributed by atoms with Crippen LogP contribution in [0.4, 0.5) is 4.39 Å². The summed E-state index contributed by atoms with van der Waals surface area (Å²) in [4.78, 5) is 17.1. The highest BCUT2D eigenvalue weighted by atomic mass is 35.5. The molecule has 0 spiro atoms. The standard InChI is InChI=1S/C23H19ClFN3O/c1-13-10-19-20(11-14(13)2)23(29)28(12-16-5-7-17(24)8-6-16)27-21(19)18-9-4-15(3)26-22(18)25/h4-11H,12H2,1-3H3. The van der Waals surface area contributed by atoms with Gasteiger partial charge in [-0.05, 0) is 73.9 Å². The molecule has 0 aliphatic carbocycles. The van der Waals surface area contributed by atoms with Crippen LogP contribution >= 0.6 is 11.6 Å². The van der Waals surface area contributed by atoms with Crippen LogP contribution in [0.5, 0.6) is 0 Å². The minimum Gasteiger partial charge on any atom is -0.267 e. The van der Waals surface area contributed by atoms with E-state index in [1.54, 1.807) is 31.2 Å². The highest BCUT2D eigenvalue weighted by Crippen LogP contribution is 2.28. The molecule has 2 aromatic heterocycles. The van der Waals surface area contributed by atoms with E-state index in [4.69, 9.17) is 11.6 Å². The summed E-state index contributed by atoms with van der Waals surface area (Å²) in [6.45, 7) is 5.90. The number of hydrogen-bond acceptors (Lipinski definition) is 3. The first-order valence-corrected chi connectivity index (χ1v) is 9.61. The normalized spacial score (nSPS) is 11.2. The van der Waals surface area contributed by atoms with Crippen molar-refractivity contribution >= 4 is 22.4 Å². The first-order valence-electron chi connectivity index (χ1n) is 9.23. The predicted molar refractivity (Wildman–Crippen MR) is 114 cm³/mol. The van der Waals surface area contributed by atoms with Crippen molar-refractivity contribution in [3.05, 3.63) is 92.2 Å². The van der Waals surface area contributed by atoms with E-state index in [0.717, 1.165) is 16.7 Å². The molecule has 29 heavy (non-hydrogen) atoms. The number of rotatable bonds is 3. The van der Waals surface area contributed by atoms with Crippen molar-refractivity contribution in [1.29, 1.82) is 0 Å². The van der Waals surface area contributed by atoms with E-state index in [1.807, 2.05) is 38.1 Å². The summed E-state index contributed by atoms with van der Waals surface area (Å²) in [7, 11) is 0. The lowest BCUT2D eigenvalue weighted by Gasteiger charge is -2.13. The Morgan fingerprint density at radius 2 is 1.62 bits per heavy atom. The van der Waals surface area contributed by atoms with E-state index in [-0.39, 0.29) is 17.7 Å². The van der Waals surface area contributed by atoms with Crippen LogP contribution in [-0.4, -0.2) is 14.8 Å². The Balaban J connectivity index is 2.00. The fourth-order valence-corrected chi connectivity index (χ4v) is 3.44. The maximum absolute atomic E-state index is 14.7. The Labute approximate surface area is 172 Å². The van der Waals surface area contributed by atoms with Gasteiger partial charge in [-0.15, -0.1) is 0 Å². The van der Waals surface area contributed by atoms with E-state index in [2.05, 4.69) is 10.1 Å². The van der Waals surface area contributed by atoms with Crippen LogP contribution in [0.2, 0.25) is 5.02 Å². The molecule has 0 amide bonds. The quantitative estimate of drug-likeness (QED) is 0.437. The molecule has 0 fully saturated rings. The van der Waals surface area contributed by atoms with Crippen LogP contribution < -0.4 is 5.56 Å². The number of halogens is 2. The van der Waals surface area contributed by atoms with Gasteiger partial charge in [0.1, 0.15) is 5.69 Å². The van der Waals surface area contributed by atoms with Crippen LogP contribution in [0.1, 0.15) is 22.4 Å². The molecule has 0 atom stereocenters. The van der Waals surface area contributed by atoms with Crippen LogP contribution in [0.3, 0.4) is 0 Å². The van der Waals surface area contributed by atoms with Gasteiger partial charge >= 0.3 is 0 Å². The van der Waals surface area contributed by atoms with Gasteiger partial charge in [0.2, 0.25) is 5.95 Å². The summed E-state index contributed by atoms with van der Waals surface area (Å²) in [5.74, 6) is -0.603. The highest BCUT2D eigenvalue weighted by Gasteiger charge is 2.17. The molecular formula is C23H19ClFN3O. The number of pyridine rings is 1. The van der Waals surface area contributed by atoms with Crippen LogP contribution in [0.15, 0.2) is 53.3 Å². The van der Waals surface area contributed by atoms with E-state index in [1.165, 1.54) is 4.68 Å². The Morgan fingerprint density at radius 3 is 2.28 bits per heavy atom. The molecular weight excluding hydrogens is 389 g/mol. The zero-order chi connectivity index (χ0) is 20.7. The fraction of sp³-hybridized carbons (Fsp3) is 0.174. The van der Waals surface area contributed by atoms with Gasteiger partial charge in [0.05, 0.1) is 17.5 Å². The molecule has 0 unspecified atom stereocenters. The van der Waals surface area contributed by atoms with Gasteiger partial charge in [0.15, 0.2) is 0 Å². The topological polar surface area (TPSA) is 47.8 Å². The summed E-state index contributed by atoms with van der Waals surface area (Å²) >= 11 is 5.96. The molecule has 0 radical (unpaired) electrons. The molecule has 4 aromatic rings. The van der Waals surface area contributed by atoms with Crippen molar-refractivity contribution in [3.8, 4) is 11.3 Å². The van der Waals surface area contributed by atoms with Gasteiger partial charge < -0.3 is 0 Å². The molecule has 2 heterocycles. The molecule has 0 bridgehead atoms. The molecule has 0 saturated carbocycles. The number of hydrogen-bond donors (Lipinski definition) is 0. The van der Waals surface area contributed by atoms with Gasteiger partial charge in [-0.3, -0.25) is 4.79 Å². The molecule has 4 rings (SSSR count). The zero-order valence-corrected chi connectivity index (χ0v) is 17.1. The first-order chi connectivity index (χ1) is 13.8. The lowest BCUT2D eigenvalue weighted by molar-refractivity contribution is 0.581. The summed E-state index contributed by atoms with van der Waals surface area (Å²) in [5, 5.41) is 6.29. The number of fused-ring (bicyclic) bond motifs is 1. The molecule has 2 aromatic carbocycles. The molecule has 0 aliphatic heterocycles. The monoisotopic (exact) mass is 407 g/mol. The largest absolute Gasteiger partial charge is 0.274 e. The maximum atomic E-state index is 14.7. The lowest BCUT2D eigenvalue weighted by atomic mass is 10.0. The van der Waals surface area contributed by atoms with E-state index in [0.29, 0.717) is 27.2 Å². The number of nitrogens with zero attached hydrogens (tertiary/aromatic N) is 3. The minimum atomic E-state index is -0.603. The van der Waals surface area contributed by atoms with E-state index >= 15 is 0 Å². The first kappa shape index (κ1) is 19.3. The van der Waals surface area contributed by atoms with Gasteiger partial charge in [0, 0.05) is 16.1 Å². The third-order valence-electron chi connectivity index (χ3n) is 5.06. The lowest BCUT2D eigenvalue weighted by Crippen LogP contribution is -2.24. The molecule has 146 valence electrons. The number of benzene rings is 2. The summed E-state index contributed by atoms with van der Waals surface area (Å²) in [6.07, 6.45) is 0. The van der Waals surface area contributed by atoms with Gasteiger partial charge in [-0.2, -0.15) is 9.49 Å². The Kier molecular flexibility index (Phi) is 4.92. The second-order valence-electron chi connectivity index (χ2n) is 7.21. The Bertz CT molecular complexity index is 1300. The molecule has 4 nitrogen and oxygen atoms in total. The molecule has 6 heteroatoms. The Morgan fingerprint density at radius 1 is 0.966 bits per heavy atom. The molecule has 0 aliphatic rings. The van der Waals surface area contributed by atoms with Gasteiger partial charge in [-0.25, -0.2) is 9.67 Å². The van der Waals surface area contributed by atoms with Crippen LogP contribution in [-0.2, 0) is 6.54 Å². The number of aryl methyl sites for hydroxylation is 3. The Hall–Kier alpha value is -3.05. The van der Waals surface area contributed by atoms with Crippen molar-refractivity contribution in [2.45, 2.75) is 27.3 Å². The van der Waals surface area contributed by atoms with Crippen LogP contribution in [0.25, 0.3) is 22.0 Å². The van der Waals surface area contributed by atoms with Gasteiger partial charge in [-0.1, -0.05) is 23.7 Å². The average molecular weight is 408 g/mol. The second kappa shape index (κ2) is 7.41. The summed E-state index contributed by atoms with van der Waals surface area (Å²) in [6, 6.07) is 14.3. The van der Waals surface area contributed by atoms with E-state index < -0.39 is 5.95 Å². The molecule has 0 saturated heterocycles. The van der Waals surface area contributed by atoms with E-state index in [9.17, 15) is 9.18 Å². The average Bonchev–Trinajstić information content (AvgIpc) is 2.68.